The summed E-state index contributed by atoms with van der Waals surface area (Å²) in [6.07, 6.45) is 30.7. The first-order valence-electron chi connectivity index (χ1n) is 21.0. The van der Waals surface area contributed by atoms with E-state index in [1.165, 1.54) is 128 Å². The maximum absolute atomic E-state index is 12.3. The van der Waals surface area contributed by atoms with Crippen LogP contribution < -0.4 is 0 Å². The summed E-state index contributed by atoms with van der Waals surface area (Å²) in [5.74, 6) is -0.849. The van der Waals surface area contributed by atoms with Gasteiger partial charge < -0.3 is 19.7 Å². The largest absolute Gasteiger partial charge is 0.699 e. The van der Waals surface area contributed by atoms with Crippen molar-refractivity contribution in [3.05, 3.63) is 0 Å². The molecule has 0 aromatic heterocycles. The van der Waals surface area contributed by atoms with Crippen LogP contribution in [0.4, 0.5) is 0 Å². The van der Waals surface area contributed by atoms with Gasteiger partial charge in [-0.15, -0.1) is 9.05 Å². The van der Waals surface area contributed by atoms with Gasteiger partial charge in [-0.1, -0.05) is 200 Å². The molecule has 0 saturated carbocycles. The number of alkyl halides is 2. The van der Waals surface area contributed by atoms with Crippen LogP contribution in [0.5, 0.6) is 0 Å². The van der Waals surface area contributed by atoms with Crippen LogP contribution in [0, 0.1) is 0 Å². The number of ether oxygens (including phenoxy) is 2. The smallest absolute Gasteiger partial charge is 0.436 e. The molecule has 0 fully saturated rings. The number of carbonyl (C=O) groups excluding carboxylic acids is 2. The van der Waals surface area contributed by atoms with Crippen LogP contribution in [0.2, 0.25) is 0 Å². The zero-order valence-corrected chi connectivity index (χ0v) is 37.0. The van der Waals surface area contributed by atoms with Crippen molar-refractivity contribution < 1.29 is 42.9 Å². The topological polar surface area (TPSA) is 129 Å². The van der Waals surface area contributed by atoms with Crippen molar-refractivity contribution in [2.45, 2.75) is 242 Å². The molecule has 0 aromatic rings. The van der Waals surface area contributed by atoms with Gasteiger partial charge in [0.05, 0.1) is 0 Å². The standard InChI is InChI=1S/C40H76Br2O9P/c1-3-5-7-9-11-13-15-17-19-21-23-25-27-29-37(43)48-39(45)33-31-35(41)50-52(47)51-36(42)32-34-40(46)49-38(44)30-28-26-24-22-20-18-16-14-12-10-8-6-4-2/h35-36,39-40,45-46H,3-34H2,1-2H3/q+1. The first-order chi connectivity index (χ1) is 25.2. The summed E-state index contributed by atoms with van der Waals surface area (Å²) in [6, 6.07) is 0. The van der Waals surface area contributed by atoms with Crippen LogP contribution >= 0.6 is 40.1 Å². The number of carbonyl (C=O) groups is 2. The summed E-state index contributed by atoms with van der Waals surface area (Å²) in [6.45, 7) is 4.49. The lowest BCUT2D eigenvalue weighted by atomic mass is 10.0. The highest BCUT2D eigenvalue weighted by molar-refractivity contribution is 9.09. The first kappa shape index (κ1) is 51.8. The first-order valence-corrected chi connectivity index (χ1v) is 23.9. The van der Waals surface area contributed by atoms with Gasteiger partial charge in [0.25, 0.3) is 0 Å². The van der Waals surface area contributed by atoms with Gasteiger partial charge in [-0.3, -0.25) is 9.59 Å². The molecule has 0 amide bonds. The van der Waals surface area contributed by atoms with E-state index in [0.29, 0.717) is 0 Å². The Morgan fingerprint density at radius 2 is 0.712 bits per heavy atom. The van der Waals surface area contributed by atoms with E-state index in [9.17, 15) is 24.4 Å². The van der Waals surface area contributed by atoms with Gasteiger partial charge >= 0.3 is 20.2 Å². The fraction of sp³-hybridized carbons (Fsp3) is 0.950. The normalized spacial score (nSPS) is 14.2. The molecule has 2 N–H and O–H groups in total. The summed E-state index contributed by atoms with van der Waals surface area (Å²) in [7, 11) is -2.52. The summed E-state index contributed by atoms with van der Waals surface area (Å²) in [5, 5.41) is 18.8. The Morgan fingerprint density at radius 3 is 0.981 bits per heavy atom. The van der Waals surface area contributed by atoms with Crippen molar-refractivity contribution in [2.75, 3.05) is 0 Å². The average Bonchev–Trinajstić information content (AvgIpc) is 3.10. The van der Waals surface area contributed by atoms with Crippen molar-refractivity contribution >= 4 is 52.1 Å². The van der Waals surface area contributed by atoms with E-state index in [-0.39, 0.29) is 38.5 Å². The number of unbranched alkanes of at least 4 members (excludes halogenated alkanes) is 24. The molecule has 4 atom stereocenters. The number of esters is 2. The van der Waals surface area contributed by atoms with E-state index in [0.717, 1.165) is 38.5 Å². The fourth-order valence-electron chi connectivity index (χ4n) is 5.98. The lowest BCUT2D eigenvalue weighted by Gasteiger charge is -2.13. The van der Waals surface area contributed by atoms with E-state index < -0.39 is 42.8 Å². The Hall–Kier alpha value is -0.160. The molecular formula is C40H76Br2O9P+. The molecule has 308 valence electrons. The van der Waals surface area contributed by atoms with E-state index in [1.807, 2.05) is 0 Å². The Kier molecular flexibility index (Phi) is 39.0. The summed E-state index contributed by atoms with van der Waals surface area (Å²) in [5.41, 5.74) is 0. The van der Waals surface area contributed by atoms with Crippen molar-refractivity contribution in [2.24, 2.45) is 0 Å². The molecule has 0 aromatic carbocycles. The number of halogens is 2. The average molecular weight is 892 g/mol. The molecular weight excluding hydrogens is 815 g/mol. The number of hydrogen-bond donors (Lipinski definition) is 2. The highest BCUT2D eigenvalue weighted by Crippen LogP contribution is 2.34. The third kappa shape index (κ3) is 38.1. The molecule has 0 rings (SSSR count). The monoisotopic (exact) mass is 889 g/mol. The quantitative estimate of drug-likeness (QED) is 0.0203. The maximum Gasteiger partial charge on any atom is 0.699 e. The second-order valence-corrected chi connectivity index (χ2v) is 17.2. The molecule has 0 aliphatic carbocycles. The highest BCUT2D eigenvalue weighted by atomic mass is 79.9. The van der Waals surface area contributed by atoms with Crippen LogP contribution in [0.1, 0.15) is 219 Å². The molecule has 0 heterocycles. The fourth-order valence-corrected chi connectivity index (χ4v) is 7.96. The lowest BCUT2D eigenvalue weighted by Crippen LogP contribution is -2.19. The van der Waals surface area contributed by atoms with Gasteiger partial charge in [-0.2, -0.15) is 0 Å². The minimum atomic E-state index is -2.52. The molecule has 9 nitrogen and oxygen atoms in total. The third-order valence-electron chi connectivity index (χ3n) is 9.19. The van der Waals surface area contributed by atoms with Crippen LogP contribution in [0.15, 0.2) is 0 Å². The summed E-state index contributed by atoms with van der Waals surface area (Å²) < 4.78 is 33.0. The molecule has 52 heavy (non-hydrogen) atoms. The zero-order chi connectivity index (χ0) is 38.5. The predicted molar refractivity (Wildman–Crippen MR) is 218 cm³/mol. The molecule has 0 bridgehead atoms. The van der Waals surface area contributed by atoms with Gasteiger partial charge in [0.1, 0.15) is 0 Å². The molecule has 12 heteroatoms. The molecule has 0 saturated heterocycles. The van der Waals surface area contributed by atoms with E-state index in [1.54, 1.807) is 0 Å². The third-order valence-corrected chi connectivity index (χ3v) is 11.9. The van der Waals surface area contributed by atoms with Crippen LogP contribution in [0.25, 0.3) is 0 Å². The van der Waals surface area contributed by atoms with Crippen molar-refractivity contribution in [3.63, 3.8) is 0 Å². The van der Waals surface area contributed by atoms with Crippen molar-refractivity contribution in [3.8, 4) is 0 Å². The highest BCUT2D eigenvalue weighted by Gasteiger charge is 2.30. The van der Waals surface area contributed by atoms with E-state index in [4.69, 9.17) is 18.5 Å². The Labute approximate surface area is 335 Å². The summed E-state index contributed by atoms with van der Waals surface area (Å²) >= 11 is 6.51. The zero-order valence-electron chi connectivity index (χ0n) is 32.9. The Morgan fingerprint density at radius 1 is 0.462 bits per heavy atom. The van der Waals surface area contributed by atoms with Gasteiger partial charge in [0, 0.05) is 30.2 Å². The molecule has 0 radical (unpaired) electrons. The minimum Gasteiger partial charge on any atom is -0.436 e. The molecule has 0 aliphatic rings. The van der Waals surface area contributed by atoms with Gasteiger partial charge in [-0.05, 0) is 25.7 Å². The van der Waals surface area contributed by atoms with Crippen molar-refractivity contribution in [1.29, 1.82) is 0 Å². The van der Waals surface area contributed by atoms with Gasteiger partial charge in [-0.25, -0.2) is 0 Å². The second-order valence-electron chi connectivity index (χ2n) is 14.3. The number of aliphatic hydroxyl groups is 2. The van der Waals surface area contributed by atoms with Crippen LogP contribution in [-0.2, 0) is 32.7 Å². The SMILES string of the molecule is CCCCCCCCCCCCCCCC(=O)OC(O)CCC(Br)O[P+](=O)OC(Br)CCC(O)OC(=O)CCCCCCCCCCCCCCC. The Bertz CT molecular complexity index is 775. The number of aliphatic hydroxyl groups excluding tert-OH is 2. The number of hydrogen-bond acceptors (Lipinski definition) is 9. The van der Waals surface area contributed by atoms with Gasteiger partial charge in [0.2, 0.25) is 12.6 Å². The van der Waals surface area contributed by atoms with Gasteiger partial charge in [0.15, 0.2) is 10.0 Å². The molecule has 0 aliphatic heterocycles. The number of rotatable bonds is 40. The lowest BCUT2D eigenvalue weighted by molar-refractivity contribution is -0.170. The predicted octanol–water partition coefficient (Wildman–Crippen LogP) is 13.4. The van der Waals surface area contributed by atoms with E-state index in [2.05, 4.69) is 45.7 Å². The summed E-state index contributed by atoms with van der Waals surface area (Å²) in [4.78, 5) is 24.1. The molecule has 4 unspecified atom stereocenters. The maximum atomic E-state index is 12.3. The Balaban J connectivity index is 3.75. The van der Waals surface area contributed by atoms with Crippen LogP contribution in [-0.4, -0.2) is 44.8 Å². The van der Waals surface area contributed by atoms with E-state index >= 15 is 0 Å². The minimum absolute atomic E-state index is 0.109. The molecule has 0 spiro atoms. The van der Waals surface area contributed by atoms with Crippen LogP contribution in [0.3, 0.4) is 0 Å². The second kappa shape index (κ2) is 39.1. The van der Waals surface area contributed by atoms with Crippen molar-refractivity contribution in [1.82, 2.24) is 0 Å².